The molecule has 0 amide bonds. The van der Waals surface area contributed by atoms with Gasteiger partial charge in [-0.3, -0.25) is 4.40 Å². The van der Waals surface area contributed by atoms with Crippen molar-refractivity contribution in [1.82, 2.24) is 14.4 Å². The summed E-state index contributed by atoms with van der Waals surface area (Å²) in [6.07, 6.45) is 1.82. The first kappa shape index (κ1) is 14.6. The second kappa shape index (κ2) is 5.31. The first-order valence-corrected chi connectivity index (χ1v) is 8.19. The van der Waals surface area contributed by atoms with Crippen molar-refractivity contribution < 1.29 is 9.90 Å². The second-order valence-corrected chi connectivity index (χ2v) is 6.49. The van der Waals surface area contributed by atoms with E-state index in [1.165, 1.54) is 0 Å². The van der Waals surface area contributed by atoms with Crippen molar-refractivity contribution in [3.63, 3.8) is 0 Å². The van der Waals surface area contributed by atoms with Crippen LogP contribution in [0.25, 0.3) is 26.4 Å². The fourth-order valence-corrected chi connectivity index (χ4v) is 3.91. The van der Waals surface area contributed by atoms with Crippen LogP contribution in [0.5, 0.6) is 0 Å². The Morgan fingerprint density at radius 2 is 2.17 bits per heavy atom. The minimum absolute atomic E-state index is 0.276. The molecule has 0 saturated heterocycles. The SMILES string of the molecule is CNc1nc2cc(-c3cccc(C(=O)O)c3)sc2n2c(C)cnc12. The minimum atomic E-state index is -0.929. The van der Waals surface area contributed by atoms with Crippen molar-refractivity contribution in [1.29, 1.82) is 0 Å². The highest BCUT2D eigenvalue weighted by Crippen LogP contribution is 2.35. The van der Waals surface area contributed by atoms with Gasteiger partial charge in [0.15, 0.2) is 11.5 Å². The Morgan fingerprint density at radius 3 is 2.92 bits per heavy atom. The van der Waals surface area contributed by atoms with Crippen molar-refractivity contribution >= 4 is 39.1 Å². The Morgan fingerprint density at radius 1 is 1.33 bits per heavy atom. The number of fused-ring (bicyclic) bond motifs is 3. The molecule has 24 heavy (non-hydrogen) atoms. The number of aryl methyl sites for hydroxylation is 1. The number of nitrogens with one attached hydrogen (secondary N) is 1. The summed E-state index contributed by atoms with van der Waals surface area (Å²) in [4.78, 5) is 22.2. The number of carboxylic acids is 1. The number of rotatable bonds is 3. The molecule has 0 radical (unpaired) electrons. The molecule has 0 saturated carbocycles. The van der Waals surface area contributed by atoms with E-state index in [0.717, 1.165) is 37.9 Å². The molecule has 120 valence electrons. The van der Waals surface area contributed by atoms with Gasteiger partial charge in [0.2, 0.25) is 0 Å². The lowest BCUT2D eigenvalue weighted by Crippen LogP contribution is -1.98. The Kier molecular flexibility index (Phi) is 3.24. The smallest absolute Gasteiger partial charge is 0.335 e. The Balaban J connectivity index is 1.99. The molecule has 1 aromatic carbocycles. The lowest BCUT2D eigenvalue weighted by atomic mass is 10.1. The van der Waals surface area contributed by atoms with Gasteiger partial charge < -0.3 is 10.4 Å². The summed E-state index contributed by atoms with van der Waals surface area (Å²) in [6.45, 7) is 2.00. The number of anilines is 1. The molecule has 0 aliphatic heterocycles. The van der Waals surface area contributed by atoms with E-state index < -0.39 is 5.97 Å². The summed E-state index contributed by atoms with van der Waals surface area (Å²) in [5.41, 5.74) is 3.82. The Labute approximate surface area is 141 Å². The van der Waals surface area contributed by atoms with Gasteiger partial charge in [-0.2, -0.15) is 0 Å². The number of hydrogen-bond donors (Lipinski definition) is 2. The van der Waals surface area contributed by atoms with E-state index >= 15 is 0 Å². The van der Waals surface area contributed by atoms with Gasteiger partial charge in [-0.25, -0.2) is 14.8 Å². The average Bonchev–Trinajstić information content (AvgIpc) is 3.17. The zero-order valence-electron chi connectivity index (χ0n) is 13.1. The van der Waals surface area contributed by atoms with Crippen LogP contribution in [0.15, 0.2) is 36.5 Å². The van der Waals surface area contributed by atoms with Crippen LogP contribution in [0, 0.1) is 6.92 Å². The monoisotopic (exact) mass is 338 g/mol. The third kappa shape index (κ3) is 2.13. The van der Waals surface area contributed by atoms with Gasteiger partial charge in [-0.1, -0.05) is 12.1 Å². The molecule has 0 bridgehead atoms. The predicted molar refractivity (Wildman–Crippen MR) is 95.0 cm³/mol. The van der Waals surface area contributed by atoms with E-state index in [-0.39, 0.29) is 5.56 Å². The number of thiophene rings is 1. The van der Waals surface area contributed by atoms with Gasteiger partial charge in [0, 0.05) is 23.8 Å². The van der Waals surface area contributed by atoms with E-state index in [4.69, 9.17) is 0 Å². The molecular weight excluding hydrogens is 324 g/mol. The van der Waals surface area contributed by atoms with Gasteiger partial charge >= 0.3 is 5.97 Å². The summed E-state index contributed by atoms with van der Waals surface area (Å²) in [6, 6.07) is 8.93. The molecule has 4 aromatic rings. The van der Waals surface area contributed by atoms with Crippen LogP contribution < -0.4 is 5.32 Å². The quantitative estimate of drug-likeness (QED) is 0.596. The lowest BCUT2D eigenvalue weighted by molar-refractivity contribution is 0.0697. The maximum Gasteiger partial charge on any atom is 0.335 e. The van der Waals surface area contributed by atoms with E-state index in [0.29, 0.717) is 0 Å². The van der Waals surface area contributed by atoms with Crippen molar-refractivity contribution in [2.24, 2.45) is 0 Å². The van der Waals surface area contributed by atoms with Crippen molar-refractivity contribution in [3.05, 3.63) is 47.8 Å². The third-order valence-corrected chi connectivity index (χ3v) is 5.07. The highest BCUT2D eigenvalue weighted by Gasteiger charge is 2.15. The first-order valence-electron chi connectivity index (χ1n) is 7.37. The molecule has 0 spiro atoms. The van der Waals surface area contributed by atoms with E-state index in [1.807, 2.05) is 32.3 Å². The number of carbonyl (C=O) groups is 1. The summed E-state index contributed by atoms with van der Waals surface area (Å²) in [5.74, 6) is -0.208. The Hall–Kier alpha value is -2.93. The van der Waals surface area contributed by atoms with Crippen LogP contribution in [0.4, 0.5) is 5.82 Å². The van der Waals surface area contributed by atoms with Gasteiger partial charge in [0.25, 0.3) is 0 Å². The summed E-state index contributed by atoms with van der Waals surface area (Å²) in [5, 5.41) is 12.3. The topological polar surface area (TPSA) is 79.5 Å². The van der Waals surface area contributed by atoms with E-state index in [9.17, 15) is 9.90 Å². The largest absolute Gasteiger partial charge is 0.478 e. The molecule has 0 fully saturated rings. The van der Waals surface area contributed by atoms with Gasteiger partial charge in [-0.15, -0.1) is 11.3 Å². The number of hydrogen-bond acceptors (Lipinski definition) is 5. The fraction of sp³-hybridized carbons (Fsp3) is 0.118. The molecule has 3 aromatic heterocycles. The number of nitrogens with zero attached hydrogens (tertiary/aromatic N) is 3. The number of imidazole rings is 1. The number of aromatic nitrogens is 3. The highest BCUT2D eigenvalue weighted by molar-refractivity contribution is 7.21. The third-order valence-electron chi connectivity index (χ3n) is 3.91. The molecule has 7 heteroatoms. The average molecular weight is 338 g/mol. The zero-order chi connectivity index (χ0) is 16.8. The van der Waals surface area contributed by atoms with Gasteiger partial charge in [0.1, 0.15) is 10.3 Å². The predicted octanol–water partition coefficient (Wildman–Crippen LogP) is 3.66. The van der Waals surface area contributed by atoms with Crippen molar-refractivity contribution in [3.8, 4) is 10.4 Å². The molecular formula is C17H14N4O2S. The number of aromatic carboxylic acids is 1. The van der Waals surface area contributed by atoms with Crippen LogP contribution in [0.1, 0.15) is 16.1 Å². The fourth-order valence-electron chi connectivity index (χ4n) is 2.76. The first-order chi connectivity index (χ1) is 11.6. The number of benzene rings is 1. The molecule has 3 heterocycles. The standard InChI is InChI=1S/C17H14N4O2S/c1-9-8-19-15-14(18-2)20-12-7-13(24-16(12)21(9)15)10-4-3-5-11(6-10)17(22)23/h3-8H,1-2H3,(H,18,20)(H,22,23). The highest BCUT2D eigenvalue weighted by atomic mass is 32.1. The van der Waals surface area contributed by atoms with Gasteiger partial charge in [0.05, 0.1) is 5.56 Å². The molecule has 6 nitrogen and oxygen atoms in total. The van der Waals surface area contributed by atoms with Crippen molar-refractivity contribution in [2.45, 2.75) is 6.92 Å². The molecule has 0 aliphatic rings. The molecule has 0 unspecified atom stereocenters. The van der Waals surface area contributed by atoms with Crippen LogP contribution >= 0.6 is 11.3 Å². The zero-order valence-corrected chi connectivity index (χ0v) is 13.9. The van der Waals surface area contributed by atoms with E-state index in [1.54, 1.807) is 29.5 Å². The molecule has 2 N–H and O–H groups in total. The minimum Gasteiger partial charge on any atom is -0.478 e. The summed E-state index contributed by atoms with van der Waals surface area (Å²) >= 11 is 1.58. The van der Waals surface area contributed by atoms with Crippen LogP contribution in [-0.2, 0) is 0 Å². The summed E-state index contributed by atoms with van der Waals surface area (Å²) in [7, 11) is 1.82. The number of carboxylic acid groups (broad SMARTS) is 1. The second-order valence-electron chi connectivity index (χ2n) is 5.46. The maximum atomic E-state index is 11.2. The van der Waals surface area contributed by atoms with Gasteiger partial charge in [-0.05, 0) is 30.7 Å². The molecule has 0 atom stereocenters. The van der Waals surface area contributed by atoms with Crippen LogP contribution in [0.2, 0.25) is 0 Å². The van der Waals surface area contributed by atoms with E-state index in [2.05, 4.69) is 19.7 Å². The maximum absolute atomic E-state index is 11.2. The molecule has 4 rings (SSSR count). The molecule has 0 aliphatic carbocycles. The van der Waals surface area contributed by atoms with Crippen LogP contribution in [-0.4, -0.2) is 32.5 Å². The normalized spacial score (nSPS) is 11.2. The Bertz CT molecular complexity index is 1100. The van der Waals surface area contributed by atoms with Crippen LogP contribution in [0.3, 0.4) is 0 Å². The van der Waals surface area contributed by atoms with Crippen molar-refractivity contribution in [2.75, 3.05) is 12.4 Å². The summed E-state index contributed by atoms with van der Waals surface area (Å²) < 4.78 is 2.07. The lowest BCUT2D eigenvalue weighted by Gasteiger charge is -2.04.